The zero-order valence-corrected chi connectivity index (χ0v) is 9.47. The molecule has 0 saturated carbocycles. The summed E-state index contributed by atoms with van der Waals surface area (Å²) in [5.74, 6) is -0.683. The molecule has 5 nitrogen and oxygen atoms in total. The number of hydrogen-bond acceptors (Lipinski definition) is 4. The summed E-state index contributed by atoms with van der Waals surface area (Å²) < 4.78 is 4.93. The Hall–Kier alpha value is -1.75. The lowest BCUT2D eigenvalue weighted by Crippen LogP contribution is -2.27. The van der Waals surface area contributed by atoms with E-state index >= 15 is 0 Å². The number of likely N-dealkylation sites (N-methyl/N-ethyl adjacent to an activating group) is 1. The second-order valence-electron chi connectivity index (χ2n) is 3.64. The zero-order valence-electron chi connectivity index (χ0n) is 9.47. The van der Waals surface area contributed by atoms with Crippen molar-refractivity contribution in [3.8, 4) is 11.5 Å². The summed E-state index contributed by atoms with van der Waals surface area (Å²) in [6, 6.07) is 3.76. The Bertz CT molecular complexity index is 390. The Morgan fingerprint density at radius 1 is 1.44 bits per heavy atom. The SMILES string of the molecule is COc1cc(C(C(=O)O)N(C)C)ccc1O. The van der Waals surface area contributed by atoms with Gasteiger partial charge in [-0.2, -0.15) is 0 Å². The number of nitrogens with zero attached hydrogens (tertiary/aromatic N) is 1. The summed E-state index contributed by atoms with van der Waals surface area (Å²) in [6.45, 7) is 0. The Balaban J connectivity index is 3.15. The van der Waals surface area contributed by atoms with Gasteiger partial charge in [0, 0.05) is 0 Å². The summed E-state index contributed by atoms with van der Waals surface area (Å²) in [7, 11) is 4.78. The van der Waals surface area contributed by atoms with Crippen LogP contribution in [0.5, 0.6) is 11.5 Å². The van der Waals surface area contributed by atoms with Crippen LogP contribution < -0.4 is 4.74 Å². The van der Waals surface area contributed by atoms with Gasteiger partial charge in [-0.1, -0.05) is 6.07 Å². The van der Waals surface area contributed by atoms with Gasteiger partial charge in [0.25, 0.3) is 0 Å². The molecule has 1 aromatic carbocycles. The summed E-state index contributed by atoms with van der Waals surface area (Å²) >= 11 is 0. The Labute approximate surface area is 93.9 Å². The van der Waals surface area contributed by atoms with Crippen LogP contribution in [-0.2, 0) is 4.79 Å². The lowest BCUT2D eigenvalue weighted by molar-refractivity contribution is -0.142. The molecule has 0 fully saturated rings. The van der Waals surface area contributed by atoms with Gasteiger partial charge < -0.3 is 14.9 Å². The second kappa shape index (κ2) is 4.85. The third-order valence-electron chi connectivity index (χ3n) is 2.27. The van der Waals surface area contributed by atoms with Crippen molar-refractivity contribution in [3.63, 3.8) is 0 Å². The molecule has 0 aliphatic heterocycles. The normalized spacial score (nSPS) is 12.5. The van der Waals surface area contributed by atoms with E-state index in [2.05, 4.69) is 0 Å². The van der Waals surface area contributed by atoms with Crippen molar-refractivity contribution >= 4 is 5.97 Å². The lowest BCUT2D eigenvalue weighted by atomic mass is 10.1. The van der Waals surface area contributed by atoms with E-state index in [0.29, 0.717) is 5.56 Å². The molecule has 0 heterocycles. The first-order chi connectivity index (χ1) is 7.47. The quantitative estimate of drug-likeness (QED) is 0.802. The van der Waals surface area contributed by atoms with E-state index in [1.807, 2.05) is 0 Å². The van der Waals surface area contributed by atoms with Crippen LogP contribution in [0.15, 0.2) is 18.2 Å². The maximum atomic E-state index is 11.1. The molecule has 0 amide bonds. The van der Waals surface area contributed by atoms with Crippen LogP contribution in [0.3, 0.4) is 0 Å². The standard InChI is InChI=1S/C11H15NO4/c1-12(2)10(11(14)15)7-4-5-8(13)9(6-7)16-3/h4-6,10,13H,1-3H3,(H,14,15). The molecular formula is C11H15NO4. The molecule has 1 unspecified atom stereocenters. The average Bonchev–Trinajstić information content (AvgIpc) is 2.19. The fourth-order valence-electron chi connectivity index (χ4n) is 1.53. The minimum absolute atomic E-state index is 0.00542. The summed E-state index contributed by atoms with van der Waals surface area (Å²) in [4.78, 5) is 12.7. The minimum Gasteiger partial charge on any atom is -0.504 e. The maximum Gasteiger partial charge on any atom is 0.325 e. The van der Waals surface area contributed by atoms with Gasteiger partial charge in [0.1, 0.15) is 6.04 Å². The van der Waals surface area contributed by atoms with Crippen molar-refractivity contribution in [1.82, 2.24) is 4.90 Å². The number of benzene rings is 1. The van der Waals surface area contributed by atoms with Crippen molar-refractivity contribution in [2.45, 2.75) is 6.04 Å². The predicted molar refractivity (Wildman–Crippen MR) is 58.7 cm³/mol. The van der Waals surface area contributed by atoms with Crippen LogP contribution in [0.2, 0.25) is 0 Å². The highest BCUT2D eigenvalue weighted by atomic mass is 16.5. The Morgan fingerprint density at radius 3 is 2.50 bits per heavy atom. The average molecular weight is 225 g/mol. The molecule has 0 aliphatic carbocycles. The van der Waals surface area contributed by atoms with Crippen LogP contribution in [0.1, 0.15) is 11.6 Å². The number of aromatic hydroxyl groups is 1. The fraction of sp³-hybridized carbons (Fsp3) is 0.364. The molecule has 1 atom stereocenters. The van der Waals surface area contributed by atoms with Gasteiger partial charge in [-0.25, -0.2) is 0 Å². The number of phenolic OH excluding ortho intramolecular Hbond substituents is 1. The molecule has 88 valence electrons. The van der Waals surface area contributed by atoms with Crippen molar-refractivity contribution < 1.29 is 19.7 Å². The van der Waals surface area contributed by atoms with Crippen molar-refractivity contribution in [2.75, 3.05) is 21.2 Å². The van der Waals surface area contributed by atoms with Gasteiger partial charge in [0.15, 0.2) is 11.5 Å². The number of aliphatic carboxylic acids is 1. The number of hydrogen-bond donors (Lipinski definition) is 2. The first kappa shape index (κ1) is 12.3. The second-order valence-corrected chi connectivity index (χ2v) is 3.64. The lowest BCUT2D eigenvalue weighted by Gasteiger charge is -2.20. The number of rotatable bonds is 4. The van der Waals surface area contributed by atoms with E-state index in [1.165, 1.54) is 19.2 Å². The van der Waals surface area contributed by atoms with E-state index in [4.69, 9.17) is 9.84 Å². The number of phenols is 1. The summed E-state index contributed by atoms with van der Waals surface area (Å²) in [6.07, 6.45) is 0. The van der Waals surface area contributed by atoms with Gasteiger partial charge in [0.2, 0.25) is 0 Å². The molecular weight excluding hydrogens is 210 g/mol. The molecule has 2 N–H and O–H groups in total. The van der Waals surface area contributed by atoms with Gasteiger partial charge in [0.05, 0.1) is 7.11 Å². The van der Waals surface area contributed by atoms with Crippen LogP contribution in [-0.4, -0.2) is 42.3 Å². The number of carboxylic acids is 1. The Kier molecular flexibility index (Phi) is 3.73. The number of ether oxygens (including phenoxy) is 1. The van der Waals surface area contributed by atoms with Crippen molar-refractivity contribution in [1.29, 1.82) is 0 Å². The number of carbonyl (C=O) groups is 1. The monoisotopic (exact) mass is 225 g/mol. The van der Waals surface area contributed by atoms with Gasteiger partial charge >= 0.3 is 5.97 Å². The third kappa shape index (κ3) is 2.43. The van der Waals surface area contributed by atoms with Gasteiger partial charge in [-0.05, 0) is 31.8 Å². The number of carboxylic acid groups (broad SMARTS) is 1. The first-order valence-corrected chi connectivity index (χ1v) is 4.73. The fourth-order valence-corrected chi connectivity index (χ4v) is 1.53. The topological polar surface area (TPSA) is 70.0 Å². The predicted octanol–water partition coefficient (Wildman–Crippen LogP) is 1.09. The van der Waals surface area contributed by atoms with Crippen molar-refractivity contribution in [2.24, 2.45) is 0 Å². The first-order valence-electron chi connectivity index (χ1n) is 4.73. The molecule has 1 rings (SSSR count). The highest BCUT2D eigenvalue weighted by Gasteiger charge is 2.23. The third-order valence-corrected chi connectivity index (χ3v) is 2.27. The van der Waals surface area contributed by atoms with Gasteiger partial charge in [-0.3, -0.25) is 9.69 Å². The highest BCUT2D eigenvalue weighted by molar-refractivity contribution is 5.75. The molecule has 5 heteroatoms. The van der Waals surface area contributed by atoms with Crippen molar-refractivity contribution in [3.05, 3.63) is 23.8 Å². The molecule has 16 heavy (non-hydrogen) atoms. The smallest absolute Gasteiger partial charge is 0.325 e. The van der Waals surface area contributed by atoms with Crippen LogP contribution in [0, 0.1) is 0 Å². The Morgan fingerprint density at radius 2 is 2.06 bits per heavy atom. The van der Waals surface area contributed by atoms with Gasteiger partial charge in [-0.15, -0.1) is 0 Å². The van der Waals surface area contributed by atoms with E-state index in [0.717, 1.165) is 0 Å². The maximum absolute atomic E-state index is 11.1. The molecule has 0 saturated heterocycles. The van der Waals surface area contributed by atoms with Crippen LogP contribution in [0.25, 0.3) is 0 Å². The summed E-state index contributed by atoms with van der Waals surface area (Å²) in [5.41, 5.74) is 0.562. The molecule has 0 bridgehead atoms. The molecule has 0 aliphatic rings. The highest BCUT2D eigenvalue weighted by Crippen LogP contribution is 2.30. The summed E-state index contributed by atoms with van der Waals surface area (Å²) in [5, 5.41) is 18.5. The van der Waals surface area contributed by atoms with Crippen LogP contribution >= 0.6 is 0 Å². The minimum atomic E-state index is -0.947. The van der Waals surface area contributed by atoms with E-state index < -0.39 is 12.0 Å². The molecule has 0 spiro atoms. The van der Waals surface area contributed by atoms with E-state index in [1.54, 1.807) is 25.1 Å². The molecule has 0 radical (unpaired) electrons. The van der Waals surface area contributed by atoms with E-state index in [9.17, 15) is 9.90 Å². The van der Waals surface area contributed by atoms with E-state index in [-0.39, 0.29) is 11.5 Å². The zero-order chi connectivity index (χ0) is 12.3. The molecule has 0 aromatic heterocycles. The number of methoxy groups -OCH3 is 1. The molecule has 1 aromatic rings. The largest absolute Gasteiger partial charge is 0.504 e. The van der Waals surface area contributed by atoms with Crippen LogP contribution in [0.4, 0.5) is 0 Å².